The molecule has 18 heavy (non-hydrogen) atoms. The summed E-state index contributed by atoms with van der Waals surface area (Å²) in [7, 11) is 0. The van der Waals surface area contributed by atoms with Gasteiger partial charge in [0.05, 0.1) is 0 Å². The molecule has 1 aromatic carbocycles. The van der Waals surface area contributed by atoms with E-state index in [1.165, 1.54) is 6.33 Å². The molecule has 4 heteroatoms. The van der Waals surface area contributed by atoms with Crippen LogP contribution in [0.4, 0.5) is 5.69 Å². The first-order valence-electron chi connectivity index (χ1n) is 5.60. The molecule has 0 saturated carbocycles. The number of rotatable bonds is 0. The van der Waals surface area contributed by atoms with E-state index in [0.717, 1.165) is 5.56 Å². The molecule has 0 aliphatic carbocycles. The summed E-state index contributed by atoms with van der Waals surface area (Å²) in [4.78, 5) is 7.72. The van der Waals surface area contributed by atoms with Crippen LogP contribution in [0.1, 0.15) is 25.1 Å². The number of halogens is 1. The Kier molecular flexibility index (Phi) is 5.69. The molecule has 0 unspecified atom stereocenters. The third-order valence-corrected chi connectivity index (χ3v) is 2.24. The molecule has 0 amide bonds. The molecular weight excluding hydrogens is 246 g/mol. The SMILES string of the molecule is CC.Nc1c(Cl)ncnc1C#Cc1ccccc1. The number of nitrogens with two attached hydrogens (primary N) is 1. The lowest BCUT2D eigenvalue weighted by molar-refractivity contribution is 1.15. The van der Waals surface area contributed by atoms with E-state index in [1.807, 2.05) is 44.2 Å². The van der Waals surface area contributed by atoms with Crippen molar-refractivity contribution in [2.75, 3.05) is 5.73 Å². The Hall–Kier alpha value is -2.05. The summed E-state index contributed by atoms with van der Waals surface area (Å²) >= 11 is 5.75. The molecule has 1 heterocycles. The van der Waals surface area contributed by atoms with Crippen LogP contribution in [0.5, 0.6) is 0 Å². The average molecular weight is 260 g/mol. The monoisotopic (exact) mass is 259 g/mol. The average Bonchev–Trinajstić information content (AvgIpc) is 2.44. The van der Waals surface area contributed by atoms with Crippen molar-refractivity contribution in [3.8, 4) is 11.8 Å². The fraction of sp³-hybridized carbons (Fsp3) is 0.143. The van der Waals surface area contributed by atoms with Gasteiger partial charge in [-0.2, -0.15) is 0 Å². The van der Waals surface area contributed by atoms with Gasteiger partial charge in [-0.15, -0.1) is 0 Å². The minimum absolute atomic E-state index is 0.229. The summed E-state index contributed by atoms with van der Waals surface area (Å²) in [5.41, 5.74) is 7.35. The molecule has 0 aliphatic rings. The Morgan fingerprint density at radius 3 is 2.39 bits per heavy atom. The Morgan fingerprint density at radius 1 is 1.06 bits per heavy atom. The van der Waals surface area contributed by atoms with Crippen molar-refractivity contribution in [2.24, 2.45) is 0 Å². The molecule has 0 spiro atoms. The number of nitrogens with zero attached hydrogens (tertiary/aromatic N) is 2. The van der Waals surface area contributed by atoms with Crippen LogP contribution in [0, 0.1) is 11.8 Å². The quantitative estimate of drug-likeness (QED) is 0.584. The van der Waals surface area contributed by atoms with Gasteiger partial charge in [0.15, 0.2) is 5.15 Å². The van der Waals surface area contributed by atoms with Gasteiger partial charge in [-0.1, -0.05) is 49.6 Å². The van der Waals surface area contributed by atoms with Crippen LogP contribution in [0.25, 0.3) is 0 Å². The maximum absolute atomic E-state index is 5.75. The molecule has 2 rings (SSSR count). The first-order chi connectivity index (χ1) is 8.77. The normalized spacial score (nSPS) is 8.61. The highest BCUT2D eigenvalue weighted by molar-refractivity contribution is 6.31. The van der Waals surface area contributed by atoms with Crippen LogP contribution in [-0.2, 0) is 0 Å². The lowest BCUT2D eigenvalue weighted by Crippen LogP contribution is -1.96. The smallest absolute Gasteiger partial charge is 0.156 e. The van der Waals surface area contributed by atoms with Gasteiger partial charge in [-0.05, 0) is 18.1 Å². The molecule has 2 N–H and O–H groups in total. The molecule has 0 fully saturated rings. The highest BCUT2D eigenvalue weighted by Crippen LogP contribution is 2.16. The molecular formula is C14H14ClN3. The van der Waals surface area contributed by atoms with E-state index in [0.29, 0.717) is 11.4 Å². The zero-order valence-corrected chi connectivity index (χ0v) is 11.1. The lowest BCUT2D eigenvalue weighted by Gasteiger charge is -1.97. The maximum Gasteiger partial charge on any atom is 0.156 e. The van der Waals surface area contributed by atoms with Gasteiger partial charge in [-0.25, -0.2) is 9.97 Å². The molecule has 0 atom stereocenters. The highest BCUT2D eigenvalue weighted by atomic mass is 35.5. The van der Waals surface area contributed by atoms with Crippen LogP contribution in [0.3, 0.4) is 0 Å². The number of hydrogen-bond donors (Lipinski definition) is 1. The van der Waals surface area contributed by atoms with Crippen molar-refractivity contribution in [2.45, 2.75) is 13.8 Å². The highest BCUT2D eigenvalue weighted by Gasteiger charge is 2.01. The third kappa shape index (κ3) is 3.76. The summed E-state index contributed by atoms with van der Waals surface area (Å²) in [6.07, 6.45) is 1.34. The second-order valence-electron chi connectivity index (χ2n) is 3.04. The predicted octanol–water partition coefficient (Wildman–Crippen LogP) is 3.14. The van der Waals surface area contributed by atoms with Gasteiger partial charge in [0.25, 0.3) is 0 Å². The summed E-state index contributed by atoms with van der Waals surface area (Å²) in [5.74, 6) is 5.81. The maximum atomic E-state index is 5.75. The van der Waals surface area contributed by atoms with E-state index in [2.05, 4.69) is 21.8 Å². The van der Waals surface area contributed by atoms with E-state index in [4.69, 9.17) is 17.3 Å². The minimum atomic E-state index is 0.229. The van der Waals surface area contributed by atoms with Crippen LogP contribution in [0.2, 0.25) is 5.15 Å². The third-order valence-electron chi connectivity index (χ3n) is 1.93. The fourth-order valence-electron chi connectivity index (χ4n) is 1.13. The van der Waals surface area contributed by atoms with Crippen molar-refractivity contribution in [1.82, 2.24) is 9.97 Å². The lowest BCUT2D eigenvalue weighted by atomic mass is 10.2. The van der Waals surface area contributed by atoms with Gasteiger partial charge in [-0.3, -0.25) is 0 Å². The van der Waals surface area contributed by atoms with Crippen molar-refractivity contribution in [1.29, 1.82) is 0 Å². The summed E-state index contributed by atoms with van der Waals surface area (Å²) < 4.78 is 0. The summed E-state index contributed by atoms with van der Waals surface area (Å²) in [6, 6.07) is 9.58. The van der Waals surface area contributed by atoms with E-state index in [-0.39, 0.29) is 5.15 Å². The standard InChI is InChI=1S/C12H8ClN3.C2H6/c13-12-11(14)10(15-8-16-12)7-6-9-4-2-1-3-5-9;1-2/h1-5,8H,14H2;1-2H3. The van der Waals surface area contributed by atoms with E-state index in [1.54, 1.807) is 0 Å². The first-order valence-corrected chi connectivity index (χ1v) is 5.98. The van der Waals surface area contributed by atoms with Gasteiger partial charge in [0, 0.05) is 5.56 Å². The molecule has 0 radical (unpaired) electrons. The van der Waals surface area contributed by atoms with Gasteiger partial charge in [0.2, 0.25) is 0 Å². The molecule has 0 aliphatic heterocycles. The minimum Gasteiger partial charge on any atom is -0.394 e. The van der Waals surface area contributed by atoms with Crippen LogP contribution < -0.4 is 5.73 Å². The predicted molar refractivity (Wildman–Crippen MR) is 75.2 cm³/mol. The molecule has 92 valence electrons. The molecule has 1 aromatic heterocycles. The van der Waals surface area contributed by atoms with E-state index < -0.39 is 0 Å². The number of anilines is 1. The second kappa shape index (κ2) is 7.31. The number of hydrogen-bond acceptors (Lipinski definition) is 3. The molecule has 3 nitrogen and oxygen atoms in total. The zero-order valence-electron chi connectivity index (χ0n) is 10.3. The Morgan fingerprint density at radius 2 is 1.72 bits per heavy atom. The largest absolute Gasteiger partial charge is 0.394 e. The number of benzene rings is 1. The Labute approximate surface area is 112 Å². The number of aromatic nitrogens is 2. The van der Waals surface area contributed by atoms with Gasteiger partial charge in [0.1, 0.15) is 17.7 Å². The van der Waals surface area contributed by atoms with Crippen LogP contribution in [-0.4, -0.2) is 9.97 Å². The number of nitrogen functional groups attached to an aromatic ring is 1. The summed E-state index contributed by atoms with van der Waals surface area (Å²) in [6.45, 7) is 4.00. The fourth-order valence-corrected chi connectivity index (χ4v) is 1.26. The molecule has 0 bridgehead atoms. The summed E-state index contributed by atoms with van der Waals surface area (Å²) in [5, 5.41) is 0.229. The Balaban J connectivity index is 0.000000771. The van der Waals surface area contributed by atoms with Gasteiger partial charge < -0.3 is 5.73 Å². The first kappa shape index (κ1) is 14.0. The van der Waals surface area contributed by atoms with Crippen molar-refractivity contribution >= 4 is 17.3 Å². The van der Waals surface area contributed by atoms with Crippen molar-refractivity contribution in [3.05, 3.63) is 53.1 Å². The van der Waals surface area contributed by atoms with Crippen LogP contribution >= 0.6 is 11.6 Å². The molecule has 2 aromatic rings. The van der Waals surface area contributed by atoms with Crippen molar-refractivity contribution < 1.29 is 0 Å². The molecule has 0 saturated heterocycles. The second-order valence-corrected chi connectivity index (χ2v) is 3.40. The van der Waals surface area contributed by atoms with Gasteiger partial charge >= 0.3 is 0 Å². The van der Waals surface area contributed by atoms with Crippen molar-refractivity contribution in [3.63, 3.8) is 0 Å². The zero-order chi connectivity index (χ0) is 13.4. The topological polar surface area (TPSA) is 51.8 Å². The van der Waals surface area contributed by atoms with E-state index in [9.17, 15) is 0 Å². The van der Waals surface area contributed by atoms with Crippen LogP contribution in [0.15, 0.2) is 36.7 Å². The van der Waals surface area contributed by atoms with E-state index >= 15 is 0 Å². The Bertz CT molecular complexity index is 556.